The molecule has 0 atom stereocenters. The Hall–Kier alpha value is -2.55. The number of pyridine rings is 1. The van der Waals surface area contributed by atoms with Crippen LogP contribution in [0.3, 0.4) is 0 Å². The van der Waals surface area contributed by atoms with Crippen LogP contribution in [0.25, 0.3) is 10.9 Å². The molecule has 3 aromatic rings. The predicted octanol–water partition coefficient (Wildman–Crippen LogP) is 3.84. The number of fused-ring (bicyclic) bond motifs is 1. The molecule has 1 heterocycles. The number of hydrogen-bond acceptors (Lipinski definition) is 3. The maximum absolute atomic E-state index is 5.88. The second-order valence-corrected chi connectivity index (χ2v) is 5.10. The fourth-order valence-electron chi connectivity index (χ4n) is 2.50. The van der Waals surface area contributed by atoms with Gasteiger partial charge in [-0.05, 0) is 37.3 Å². The van der Waals surface area contributed by atoms with Crippen LogP contribution >= 0.6 is 0 Å². The number of nitrogen functional groups attached to an aromatic ring is 1. The Bertz CT molecular complexity index is 752. The van der Waals surface area contributed by atoms with Crippen molar-refractivity contribution < 1.29 is 0 Å². The van der Waals surface area contributed by atoms with Crippen molar-refractivity contribution in [3.63, 3.8) is 0 Å². The fraction of sp³-hybridized carbons (Fsp3) is 0.167. The molecule has 3 heteroatoms. The van der Waals surface area contributed by atoms with Crippen LogP contribution < -0.4 is 10.6 Å². The van der Waals surface area contributed by atoms with Crippen molar-refractivity contribution in [2.24, 2.45) is 0 Å². The number of anilines is 2. The van der Waals surface area contributed by atoms with Gasteiger partial charge in [-0.1, -0.05) is 30.3 Å². The van der Waals surface area contributed by atoms with E-state index in [1.54, 1.807) is 0 Å². The lowest BCUT2D eigenvalue weighted by molar-refractivity contribution is 0.814. The zero-order valence-corrected chi connectivity index (χ0v) is 12.2. The van der Waals surface area contributed by atoms with E-state index in [0.717, 1.165) is 35.7 Å². The first kappa shape index (κ1) is 13.4. The van der Waals surface area contributed by atoms with Gasteiger partial charge in [0.2, 0.25) is 0 Å². The third-order valence-corrected chi connectivity index (χ3v) is 3.63. The topological polar surface area (TPSA) is 42.2 Å². The normalized spacial score (nSPS) is 10.7. The Morgan fingerprint density at radius 1 is 1.00 bits per heavy atom. The lowest BCUT2D eigenvalue weighted by Gasteiger charge is -2.23. The van der Waals surface area contributed by atoms with E-state index >= 15 is 0 Å². The molecule has 0 saturated carbocycles. The van der Waals surface area contributed by atoms with Gasteiger partial charge >= 0.3 is 0 Å². The molecule has 3 rings (SSSR count). The van der Waals surface area contributed by atoms with Crippen LogP contribution in [0.4, 0.5) is 11.4 Å². The minimum absolute atomic E-state index is 0.783. The average molecular weight is 277 g/mol. The first-order valence-corrected chi connectivity index (χ1v) is 7.21. The van der Waals surface area contributed by atoms with Crippen LogP contribution in [-0.4, -0.2) is 11.5 Å². The molecule has 3 nitrogen and oxygen atoms in total. The van der Waals surface area contributed by atoms with Crippen molar-refractivity contribution in [3.05, 3.63) is 66.4 Å². The molecule has 0 aliphatic rings. The SMILES string of the molecule is CCN(Cc1ccc2ccccc2n1)c1cccc(N)c1. The molecule has 0 radical (unpaired) electrons. The molecule has 21 heavy (non-hydrogen) atoms. The van der Waals surface area contributed by atoms with Crippen LogP contribution in [0.2, 0.25) is 0 Å². The molecule has 0 aliphatic heterocycles. The van der Waals surface area contributed by atoms with Gasteiger partial charge in [0.1, 0.15) is 0 Å². The Balaban J connectivity index is 1.88. The van der Waals surface area contributed by atoms with E-state index in [-0.39, 0.29) is 0 Å². The molecule has 0 amide bonds. The van der Waals surface area contributed by atoms with Gasteiger partial charge in [0, 0.05) is 23.3 Å². The average Bonchev–Trinajstić information content (AvgIpc) is 2.52. The molecule has 0 saturated heterocycles. The van der Waals surface area contributed by atoms with Crippen molar-refractivity contribution in [2.45, 2.75) is 13.5 Å². The number of hydrogen-bond donors (Lipinski definition) is 1. The molecular weight excluding hydrogens is 258 g/mol. The zero-order valence-electron chi connectivity index (χ0n) is 12.2. The van der Waals surface area contributed by atoms with Crippen LogP contribution in [0, 0.1) is 0 Å². The molecule has 1 aromatic heterocycles. The van der Waals surface area contributed by atoms with Crippen molar-refractivity contribution in [2.75, 3.05) is 17.2 Å². The first-order valence-electron chi connectivity index (χ1n) is 7.21. The third-order valence-electron chi connectivity index (χ3n) is 3.63. The molecule has 2 N–H and O–H groups in total. The highest BCUT2D eigenvalue weighted by molar-refractivity contribution is 5.78. The summed E-state index contributed by atoms with van der Waals surface area (Å²) in [6.07, 6.45) is 0. The van der Waals surface area contributed by atoms with E-state index in [1.807, 2.05) is 30.3 Å². The Labute approximate surface area is 125 Å². The second kappa shape index (κ2) is 5.83. The van der Waals surface area contributed by atoms with Crippen LogP contribution in [0.5, 0.6) is 0 Å². The van der Waals surface area contributed by atoms with Gasteiger partial charge < -0.3 is 10.6 Å². The summed E-state index contributed by atoms with van der Waals surface area (Å²) in [7, 11) is 0. The lowest BCUT2D eigenvalue weighted by atomic mass is 10.2. The summed E-state index contributed by atoms with van der Waals surface area (Å²) in [5, 5.41) is 1.17. The van der Waals surface area contributed by atoms with E-state index < -0.39 is 0 Å². The Morgan fingerprint density at radius 2 is 1.86 bits per heavy atom. The minimum atomic E-state index is 0.783. The quantitative estimate of drug-likeness (QED) is 0.737. The number of nitrogens with zero attached hydrogens (tertiary/aromatic N) is 2. The van der Waals surface area contributed by atoms with Gasteiger partial charge in [-0.15, -0.1) is 0 Å². The number of aromatic nitrogens is 1. The summed E-state index contributed by atoms with van der Waals surface area (Å²) in [6.45, 7) is 3.84. The van der Waals surface area contributed by atoms with Crippen LogP contribution in [-0.2, 0) is 6.54 Å². The molecule has 0 unspecified atom stereocenters. The summed E-state index contributed by atoms with van der Waals surface area (Å²) in [5.41, 5.74) is 9.91. The standard InChI is InChI=1S/C18H19N3/c1-2-21(17-8-5-7-15(19)12-17)13-16-11-10-14-6-3-4-9-18(14)20-16/h3-12H,2,13,19H2,1H3. The van der Waals surface area contributed by atoms with Gasteiger partial charge in [0.05, 0.1) is 17.8 Å². The van der Waals surface area contributed by atoms with E-state index in [2.05, 4.69) is 42.2 Å². The van der Waals surface area contributed by atoms with Gasteiger partial charge in [0.25, 0.3) is 0 Å². The van der Waals surface area contributed by atoms with Gasteiger partial charge in [-0.2, -0.15) is 0 Å². The smallest absolute Gasteiger partial charge is 0.0706 e. The molecule has 0 spiro atoms. The monoisotopic (exact) mass is 277 g/mol. The number of nitrogens with two attached hydrogens (primary N) is 1. The Morgan fingerprint density at radius 3 is 2.67 bits per heavy atom. The molecule has 0 fully saturated rings. The highest BCUT2D eigenvalue weighted by Gasteiger charge is 2.07. The summed E-state index contributed by atoms with van der Waals surface area (Å²) in [5.74, 6) is 0. The highest BCUT2D eigenvalue weighted by Crippen LogP contribution is 2.20. The molecule has 0 aliphatic carbocycles. The lowest BCUT2D eigenvalue weighted by Crippen LogP contribution is -2.22. The van der Waals surface area contributed by atoms with Gasteiger partial charge in [-0.25, -0.2) is 0 Å². The highest BCUT2D eigenvalue weighted by atomic mass is 15.1. The van der Waals surface area contributed by atoms with Crippen molar-refractivity contribution in [1.82, 2.24) is 4.98 Å². The van der Waals surface area contributed by atoms with E-state index in [9.17, 15) is 0 Å². The molecule has 0 bridgehead atoms. The van der Waals surface area contributed by atoms with E-state index in [4.69, 9.17) is 10.7 Å². The predicted molar refractivity (Wildman–Crippen MR) is 89.3 cm³/mol. The summed E-state index contributed by atoms with van der Waals surface area (Å²) < 4.78 is 0. The van der Waals surface area contributed by atoms with Crippen molar-refractivity contribution in [3.8, 4) is 0 Å². The van der Waals surface area contributed by atoms with Crippen LogP contribution in [0.1, 0.15) is 12.6 Å². The maximum atomic E-state index is 5.88. The number of rotatable bonds is 4. The Kier molecular flexibility index (Phi) is 3.73. The second-order valence-electron chi connectivity index (χ2n) is 5.10. The summed E-state index contributed by atoms with van der Waals surface area (Å²) in [4.78, 5) is 7.01. The minimum Gasteiger partial charge on any atom is -0.399 e. The maximum Gasteiger partial charge on any atom is 0.0706 e. The van der Waals surface area contributed by atoms with E-state index in [0.29, 0.717) is 0 Å². The van der Waals surface area contributed by atoms with Crippen molar-refractivity contribution in [1.29, 1.82) is 0 Å². The number of para-hydroxylation sites is 1. The van der Waals surface area contributed by atoms with Crippen LogP contribution in [0.15, 0.2) is 60.7 Å². The zero-order chi connectivity index (χ0) is 14.7. The van der Waals surface area contributed by atoms with E-state index in [1.165, 1.54) is 5.39 Å². The van der Waals surface area contributed by atoms with Gasteiger partial charge in [-0.3, -0.25) is 4.98 Å². The third kappa shape index (κ3) is 2.97. The summed E-state index contributed by atoms with van der Waals surface area (Å²) in [6, 6.07) is 20.4. The largest absolute Gasteiger partial charge is 0.399 e. The first-order chi connectivity index (χ1) is 10.3. The molecular formula is C18H19N3. The van der Waals surface area contributed by atoms with Crippen molar-refractivity contribution >= 4 is 22.3 Å². The molecule has 2 aromatic carbocycles. The number of benzene rings is 2. The molecule has 106 valence electrons. The fourth-order valence-corrected chi connectivity index (χ4v) is 2.50. The van der Waals surface area contributed by atoms with Gasteiger partial charge in [0.15, 0.2) is 0 Å². The summed E-state index contributed by atoms with van der Waals surface area (Å²) >= 11 is 0.